The molecule has 18 heavy (non-hydrogen) atoms. The Morgan fingerprint density at radius 2 is 2.28 bits per heavy atom. The molecule has 1 amide bonds. The van der Waals surface area contributed by atoms with E-state index in [0.717, 1.165) is 4.47 Å². The molecular formula is C12H8BrFN2O2. The van der Waals surface area contributed by atoms with Gasteiger partial charge in [-0.05, 0) is 30.3 Å². The van der Waals surface area contributed by atoms with Crippen LogP contribution >= 0.6 is 15.9 Å². The highest BCUT2D eigenvalue weighted by Crippen LogP contribution is 2.13. The summed E-state index contributed by atoms with van der Waals surface area (Å²) in [4.78, 5) is 11.4. The van der Waals surface area contributed by atoms with Crippen LogP contribution in [0, 0.1) is 5.82 Å². The maximum absolute atomic E-state index is 13.3. The van der Waals surface area contributed by atoms with E-state index < -0.39 is 11.7 Å². The fourth-order valence-electron chi connectivity index (χ4n) is 1.24. The third-order valence-electron chi connectivity index (χ3n) is 2.07. The zero-order valence-corrected chi connectivity index (χ0v) is 10.6. The number of benzene rings is 1. The molecule has 0 radical (unpaired) electrons. The topological polar surface area (TPSA) is 54.6 Å². The maximum Gasteiger partial charge on any atom is 0.307 e. The zero-order chi connectivity index (χ0) is 13.0. The van der Waals surface area contributed by atoms with E-state index in [9.17, 15) is 9.18 Å². The van der Waals surface area contributed by atoms with E-state index in [2.05, 4.69) is 26.5 Å². The summed E-state index contributed by atoms with van der Waals surface area (Å²) in [5.74, 6) is -0.775. The fraction of sp³-hybridized carbons (Fsp3) is 0. The van der Waals surface area contributed by atoms with Gasteiger partial charge >= 0.3 is 5.91 Å². The first-order chi connectivity index (χ1) is 8.66. The van der Waals surface area contributed by atoms with E-state index in [1.807, 2.05) is 0 Å². The highest BCUT2D eigenvalue weighted by molar-refractivity contribution is 9.10. The molecule has 2 aromatic rings. The van der Waals surface area contributed by atoms with Gasteiger partial charge in [0.15, 0.2) is 5.76 Å². The molecule has 0 fully saturated rings. The molecule has 6 heteroatoms. The third kappa shape index (κ3) is 3.04. The smallest absolute Gasteiger partial charge is 0.307 e. The van der Waals surface area contributed by atoms with Crippen LogP contribution in [-0.4, -0.2) is 12.1 Å². The molecule has 0 aliphatic rings. The molecule has 92 valence electrons. The molecule has 0 saturated heterocycles. The van der Waals surface area contributed by atoms with Crippen molar-refractivity contribution in [2.75, 3.05) is 0 Å². The van der Waals surface area contributed by atoms with E-state index in [1.54, 1.807) is 18.2 Å². The van der Waals surface area contributed by atoms with Gasteiger partial charge < -0.3 is 4.42 Å². The Kier molecular flexibility index (Phi) is 3.88. The summed E-state index contributed by atoms with van der Waals surface area (Å²) in [6, 6.07) is 7.53. The van der Waals surface area contributed by atoms with Crippen molar-refractivity contribution in [1.29, 1.82) is 0 Å². The van der Waals surface area contributed by atoms with Gasteiger partial charge in [-0.15, -0.1) is 0 Å². The van der Waals surface area contributed by atoms with Crippen molar-refractivity contribution in [3.63, 3.8) is 0 Å². The van der Waals surface area contributed by atoms with Crippen LogP contribution in [0.5, 0.6) is 0 Å². The minimum Gasteiger partial charge on any atom is -0.459 e. The van der Waals surface area contributed by atoms with Crippen LogP contribution in [0.3, 0.4) is 0 Å². The van der Waals surface area contributed by atoms with E-state index >= 15 is 0 Å². The largest absolute Gasteiger partial charge is 0.459 e. The second-order valence-corrected chi connectivity index (χ2v) is 4.26. The SMILES string of the molecule is O=C(NN=Cc1cc(Br)ccc1F)c1ccco1. The molecule has 1 heterocycles. The maximum atomic E-state index is 13.3. The van der Waals surface area contributed by atoms with Gasteiger partial charge in [0.05, 0.1) is 12.5 Å². The van der Waals surface area contributed by atoms with E-state index in [4.69, 9.17) is 4.42 Å². The first-order valence-corrected chi connectivity index (χ1v) is 5.78. The molecule has 0 bridgehead atoms. The number of furan rings is 1. The number of carbonyl (C=O) groups excluding carboxylic acids is 1. The minimum absolute atomic E-state index is 0.141. The Morgan fingerprint density at radius 1 is 1.44 bits per heavy atom. The van der Waals surface area contributed by atoms with E-state index in [-0.39, 0.29) is 11.3 Å². The summed E-state index contributed by atoms with van der Waals surface area (Å²) in [7, 11) is 0. The fourth-order valence-corrected chi connectivity index (χ4v) is 1.62. The van der Waals surface area contributed by atoms with Crippen LogP contribution in [0.4, 0.5) is 4.39 Å². The number of amides is 1. The molecule has 1 N–H and O–H groups in total. The molecule has 0 spiro atoms. The lowest BCUT2D eigenvalue weighted by Crippen LogP contribution is -2.16. The van der Waals surface area contributed by atoms with Gasteiger partial charge in [-0.3, -0.25) is 4.79 Å². The molecule has 1 aromatic heterocycles. The number of hydrazone groups is 1. The molecular weight excluding hydrogens is 303 g/mol. The number of nitrogens with zero attached hydrogens (tertiary/aromatic N) is 1. The van der Waals surface area contributed by atoms with Crippen molar-refractivity contribution in [3.05, 3.63) is 58.2 Å². The third-order valence-corrected chi connectivity index (χ3v) is 2.57. The minimum atomic E-state index is -0.494. The normalized spacial score (nSPS) is 10.8. The average molecular weight is 311 g/mol. The first-order valence-electron chi connectivity index (χ1n) is 4.99. The molecule has 1 aromatic carbocycles. The Hall–Kier alpha value is -1.95. The van der Waals surface area contributed by atoms with Crippen LogP contribution in [0.1, 0.15) is 16.1 Å². The standard InChI is InChI=1S/C12H8BrFN2O2/c13-9-3-4-10(14)8(6-9)7-15-16-12(17)11-2-1-5-18-11/h1-7H,(H,16,17). The monoisotopic (exact) mass is 310 g/mol. The van der Waals surface area contributed by atoms with Gasteiger partial charge in [0.25, 0.3) is 0 Å². The van der Waals surface area contributed by atoms with Crippen molar-refractivity contribution in [2.24, 2.45) is 5.10 Å². The predicted octanol–water partition coefficient (Wildman–Crippen LogP) is 2.95. The number of rotatable bonds is 3. The summed E-state index contributed by atoms with van der Waals surface area (Å²) >= 11 is 3.22. The summed E-state index contributed by atoms with van der Waals surface area (Å²) in [5, 5.41) is 3.65. The Balaban J connectivity index is 2.03. The summed E-state index contributed by atoms with van der Waals surface area (Å²) in [6.45, 7) is 0. The van der Waals surface area contributed by atoms with E-state index in [0.29, 0.717) is 0 Å². The van der Waals surface area contributed by atoms with Crippen LogP contribution < -0.4 is 5.43 Å². The van der Waals surface area contributed by atoms with Crippen molar-refractivity contribution in [3.8, 4) is 0 Å². The first kappa shape index (κ1) is 12.5. The summed E-state index contributed by atoms with van der Waals surface area (Å²) in [5.41, 5.74) is 2.50. The lowest BCUT2D eigenvalue weighted by molar-refractivity contribution is 0.0927. The number of nitrogens with one attached hydrogen (secondary N) is 1. The van der Waals surface area contributed by atoms with Crippen molar-refractivity contribution < 1.29 is 13.6 Å². The molecule has 4 nitrogen and oxygen atoms in total. The van der Waals surface area contributed by atoms with Gasteiger partial charge in [-0.25, -0.2) is 9.82 Å². The number of hydrogen-bond acceptors (Lipinski definition) is 3. The highest BCUT2D eigenvalue weighted by Gasteiger charge is 2.06. The van der Waals surface area contributed by atoms with Gasteiger partial charge in [0.1, 0.15) is 5.82 Å². The lowest BCUT2D eigenvalue weighted by Gasteiger charge is -1.98. The van der Waals surface area contributed by atoms with Crippen LogP contribution in [0.15, 0.2) is 50.6 Å². The number of hydrogen-bond donors (Lipinski definition) is 1. The predicted molar refractivity (Wildman–Crippen MR) is 67.9 cm³/mol. The van der Waals surface area contributed by atoms with Gasteiger partial charge in [0, 0.05) is 10.0 Å². The molecule has 0 unspecified atom stereocenters. The molecule has 0 atom stereocenters. The van der Waals surface area contributed by atoms with Gasteiger partial charge in [-0.1, -0.05) is 15.9 Å². The Morgan fingerprint density at radius 3 is 3.00 bits per heavy atom. The summed E-state index contributed by atoms with van der Waals surface area (Å²) < 4.78 is 18.9. The summed E-state index contributed by atoms with van der Waals surface area (Å²) in [6.07, 6.45) is 2.60. The van der Waals surface area contributed by atoms with Crippen molar-refractivity contribution in [1.82, 2.24) is 5.43 Å². The Labute approximate surface area is 111 Å². The quantitative estimate of drug-likeness (QED) is 0.700. The molecule has 0 saturated carbocycles. The molecule has 0 aliphatic heterocycles. The lowest BCUT2D eigenvalue weighted by atomic mass is 10.2. The van der Waals surface area contributed by atoms with Crippen LogP contribution in [0.2, 0.25) is 0 Å². The van der Waals surface area contributed by atoms with Crippen molar-refractivity contribution in [2.45, 2.75) is 0 Å². The Bertz CT molecular complexity index is 582. The van der Waals surface area contributed by atoms with Crippen LogP contribution in [-0.2, 0) is 0 Å². The second-order valence-electron chi connectivity index (χ2n) is 3.34. The average Bonchev–Trinajstić information content (AvgIpc) is 2.87. The van der Waals surface area contributed by atoms with E-state index in [1.165, 1.54) is 24.6 Å². The zero-order valence-electron chi connectivity index (χ0n) is 9.06. The molecule has 2 rings (SSSR count). The number of carbonyl (C=O) groups is 1. The number of halogens is 2. The second kappa shape index (κ2) is 5.59. The van der Waals surface area contributed by atoms with Gasteiger partial charge in [-0.2, -0.15) is 5.10 Å². The van der Waals surface area contributed by atoms with Gasteiger partial charge in [0.2, 0.25) is 0 Å². The van der Waals surface area contributed by atoms with Crippen LogP contribution in [0.25, 0.3) is 0 Å². The molecule has 0 aliphatic carbocycles. The highest BCUT2D eigenvalue weighted by atomic mass is 79.9. The van der Waals surface area contributed by atoms with Crippen molar-refractivity contribution >= 4 is 28.1 Å².